The summed E-state index contributed by atoms with van der Waals surface area (Å²) in [7, 11) is 1.60. The van der Waals surface area contributed by atoms with E-state index in [4.69, 9.17) is 9.47 Å². The zero-order chi connectivity index (χ0) is 19.9. The van der Waals surface area contributed by atoms with E-state index < -0.39 is 5.41 Å². The number of anilines is 1. The van der Waals surface area contributed by atoms with Crippen LogP contribution in [-0.2, 0) is 9.59 Å². The van der Waals surface area contributed by atoms with E-state index in [-0.39, 0.29) is 11.8 Å². The lowest BCUT2D eigenvalue weighted by Crippen LogP contribution is -2.46. The van der Waals surface area contributed by atoms with Crippen molar-refractivity contribution < 1.29 is 19.1 Å². The van der Waals surface area contributed by atoms with E-state index in [0.717, 1.165) is 11.3 Å². The van der Waals surface area contributed by atoms with Gasteiger partial charge in [0.15, 0.2) is 0 Å². The zero-order valence-corrected chi connectivity index (χ0v) is 16.2. The van der Waals surface area contributed by atoms with Gasteiger partial charge in [-0.2, -0.15) is 0 Å². The minimum Gasteiger partial charge on any atom is -0.497 e. The minimum absolute atomic E-state index is 0.298. The van der Waals surface area contributed by atoms with Gasteiger partial charge in [-0.1, -0.05) is 18.2 Å². The fourth-order valence-electron chi connectivity index (χ4n) is 2.32. The number of hydrogen-bond acceptors (Lipinski definition) is 4. The first-order valence-corrected chi connectivity index (χ1v) is 8.77. The van der Waals surface area contributed by atoms with Crippen LogP contribution in [0.25, 0.3) is 0 Å². The van der Waals surface area contributed by atoms with Crippen LogP contribution >= 0.6 is 0 Å². The summed E-state index contributed by atoms with van der Waals surface area (Å²) in [6.07, 6.45) is 0. The van der Waals surface area contributed by atoms with E-state index in [0.29, 0.717) is 24.6 Å². The van der Waals surface area contributed by atoms with Crippen LogP contribution in [0.5, 0.6) is 11.5 Å². The molecule has 0 aliphatic rings. The van der Waals surface area contributed by atoms with Crippen molar-refractivity contribution in [1.29, 1.82) is 0 Å². The van der Waals surface area contributed by atoms with Crippen molar-refractivity contribution in [3.05, 3.63) is 54.1 Å². The Kier molecular flexibility index (Phi) is 6.82. The normalized spacial score (nSPS) is 10.8. The number of carbonyl (C=O) groups is 2. The van der Waals surface area contributed by atoms with Crippen LogP contribution in [0.2, 0.25) is 0 Å². The fraction of sp³-hybridized carbons (Fsp3) is 0.333. The first kappa shape index (κ1) is 20.3. The molecular formula is C21H26N2O4. The van der Waals surface area contributed by atoms with Gasteiger partial charge >= 0.3 is 0 Å². The Morgan fingerprint density at radius 1 is 0.963 bits per heavy atom. The van der Waals surface area contributed by atoms with E-state index in [1.807, 2.05) is 31.2 Å². The number of para-hydroxylation sites is 1. The van der Waals surface area contributed by atoms with Crippen molar-refractivity contribution in [2.24, 2.45) is 5.41 Å². The van der Waals surface area contributed by atoms with Gasteiger partial charge in [-0.05, 0) is 56.7 Å². The summed E-state index contributed by atoms with van der Waals surface area (Å²) < 4.78 is 10.7. The predicted molar refractivity (Wildman–Crippen MR) is 105 cm³/mol. The molecule has 0 aliphatic heterocycles. The van der Waals surface area contributed by atoms with Crippen LogP contribution in [-0.4, -0.2) is 32.1 Å². The molecule has 0 radical (unpaired) electrons. The lowest BCUT2D eigenvalue weighted by atomic mass is 9.91. The highest BCUT2D eigenvalue weighted by atomic mass is 16.5. The molecule has 2 aromatic rings. The van der Waals surface area contributed by atoms with Crippen molar-refractivity contribution in [3.8, 4) is 11.5 Å². The lowest BCUT2D eigenvalue weighted by Gasteiger charge is -2.23. The Labute approximate surface area is 159 Å². The second-order valence-electron chi connectivity index (χ2n) is 6.67. The molecular weight excluding hydrogens is 344 g/mol. The fourth-order valence-corrected chi connectivity index (χ4v) is 2.32. The van der Waals surface area contributed by atoms with Gasteiger partial charge in [0.25, 0.3) is 0 Å². The standard InChI is InChI=1S/C21H26N2O4/c1-15-7-5-6-8-18(15)23-20(25)21(2,3)19(24)22-13-14-27-17-11-9-16(26-4)10-12-17/h5-12H,13-14H2,1-4H3,(H,22,24)(H,23,25). The van der Waals surface area contributed by atoms with Crippen LogP contribution in [0.4, 0.5) is 5.69 Å². The molecule has 0 atom stereocenters. The number of hydrogen-bond donors (Lipinski definition) is 2. The van der Waals surface area contributed by atoms with Crippen molar-refractivity contribution in [3.63, 3.8) is 0 Å². The molecule has 2 rings (SSSR count). The molecule has 0 fully saturated rings. The number of benzene rings is 2. The van der Waals surface area contributed by atoms with Crippen LogP contribution in [0.15, 0.2) is 48.5 Å². The number of rotatable bonds is 8. The second kappa shape index (κ2) is 9.07. The average molecular weight is 370 g/mol. The summed E-state index contributed by atoms with van der Waals surface area (Å²) in [6, 6.07) is 14.6. The first-order chi connectivity index (χ1) is 12.8. The summed E-state index contributed by atoms with van der Waals surface area (Å²) >= 11 is 0. The number of amides is 2. The molecule has 6 nitrogen and oxygen atoms in total. The summed E-state index contributed by atoms with van der Waals surface area (Å²) in [6.45, 7) is 5.69. The van der Waals surface area contributed by atoms with Crippen molar-refractivity contribution >= 4 is 17.5 Å². The first-order valence-electron chi connectivity index (χ1n) is 8.77. The maximum Gasteiger partial charge on any atom is 0.239 e. The van der Waals surface area contributed by atoms with Crippen molar-refractivity contribution in [1.82, 2.24) is 5.32 Å². The molecule has 0 aromatic heterocycles. The highest BCUT2D eigenvalue weighted by molar-refractivity contribution is 6.10. The van der Waals surface area contributed by atoms with Gasteiger partial charge in [0.05, 0.1) is 13.7 Å². The number of ether oxygens (including phenoxy) is 2. The molecule has 0 spiro atoms. The number of methoxy groups -OCH3 is 1. The molecule has 0 aliphatic carbocycles. The Hall–Kier alpha value is -3.02. The monoisotopic (exact) mass is 370 g/mol. The van der Waals surface area contributed by atoms with Gasteiger partial charge in [-0.3, -0.25) is 9.59 Å². The quantitative estimate of drug-likeness (QED) is 0.553. The number of aryl methyl sites for hydroxylation is 1. The SMILES string of the molecule is COc1ccc(OCCNC(=O)C(C)(C)C(=O)Nc2ccccc2C)cc1. The lowest BCUT2D eigenvalue weighted by molar-refractivity contribution is -0.138. The van der Waals surface area contributed by atoms with E-state index >= 15 is 0 Å². The van der Waals surface area contributed by atoms with Gasteiger partial charge in [-0.25, -0.2) is 0 Å². The molecule has 144 valence electrons. The molecule has 0 unspecified atom stereocenters. The maximum absolute atomic E-state index is 12.5. The van der Waals surface area contributed by atoms with Gasteiger partial charge in [0.1, 0.15) is 23.5 Å². The highest BCUT2D eigenvalue weighted by Crippen LogP contribution is 2.21. The molecule has 0 bridgehead atoms. The number of nitrogens with one attached hydrogen (secondary N) is 2. The summed E-state index contributed by atoms with van der Waals surface area (Å²) in [5.41, 5.74) is 0.434. The Morgan fingerprint density at radius 3 is 2.22 bits per heavy atom. The van der Waals surface area contributed by atoms with Gasteiger partial charge in [0, 0.05) is 5.69 Å². The smallest absolute Gasteiger partial charge is 0.239 e. The topological polar surface area (TPSA) is 76.7 Å². The third-order valence-electron chi connectivity index (χ3n) is 4.24. The summed E-state index contributed by atoms with van der Waals surface area (Å²) in [5.74, 6) is 0.718. The minimum atomic E-state index is -1.21. The van der Waals surface area contributed by atoms with Crippen LogP contribution in [0.1, 0.15) is 19.4 Å². The van der Waals surface area contributed by atoms with Gasteiger partial charge < -0.3 is 20.1 Å². The second-order valence-corrected chi connectivity index (χ2v) is 6.67. The van der Waals surface area contributed by atoms with Crippen molar-refractivity contribution in [2.45, 2.75) is 20.8 Å². The Morgan fingerprint density at radius 2 is 1.59 bits per heavy atom. The molecule has 27 heavy (non-hydrogen) atoms. The van der Waals surface area contributed by atoms with E-state index in [1.54, 1.807) is 45.2 Å². The van der Waals surface area contributed by atoms with E-state index in [1.165, 1.54) is 0 Å². The predicted octanol–water partition coefficient (Wildman–Crippen LogP) is 3.16. The third-order valence-corrected chi connectivity index (χ3v) is 4.24. The summed E-state index contributed by atoms with van der Waals surface area (Å²) in [4.78, 5) is 25.0. The average Bonchev–Trinajstić information content (AvgIpc) is 2.67. The molecule has 2 aromatic carbocycles. The van der Waals surface area contributed by atoms with E-state index in [9.17, 15) is 9.59 Å². The van der Waals surface area contributed by atoms with Gasteiger partial charge in [-0.15, -0.1) is 0 Å². The molecule has 0 saturated heterocycles. The van der Waals surface area contributed by atoms with Crippen LogP contribution in [0.3, 0.4) is 0 Å². The molecule has 0 heterocycles. The largest absolute Gasteiger partial charge is 0.497 e. The molecule has 0 saturated carbocycles. The highest BCUT2D eigenvalue weighted by Gasteiger charge is 2.36. The zero-order valence-electron chi connectivity index (χ0n) is 16.2. The van der Waals surface area contributed by atoms with Crippen LogP contribution in [0, 0.1) is 12.3 Å². The third kappa shape index (κ3) is 5.48. The molecule has 6 heteroatoms. The summed E-state index contributed by atoms with van der Waals surface area (Å²) in [5, 5.41) is 5.56. The maximum atomic E-state index is 12.5. The van der Waals surface area contributed by atoms with Crippen LogP contribution < -0.4 is 20.1 Å². The molecule has 2 amide bonds. The van der Waals surface area contributed by atoms with Crippen molar-refractivity contribution in [2.75, 3.05) is 25.6 Å². The Balaban J connectivity index is 1.82. The number of carbonyl (C=O) groups excluding carboxylic acids is 2. The molecule has 2 N–H and O–H groups in total. The van der Waals surface area contributed by atoms with E-state index in [2.05, 4.69) is 10.6 Å². The Bertz CT molecular complexity index is 785. The van der Waals surface area contributed by atoms with Gasteiger partial charge in [0.2, 0.25) is 11.8 Å².